The van der Waals surface area contributed by atoms with Crippen LogP contribution in [0, 0.1) is 30.6 Å². The van der Waals surface area contributed by atoms with Crippen molar-refractivity contribution in [3.8, 4) is 5.75 Å². The van der Waals surface area contributed by atoms with Crippen LogP contribution < -0.4 is 5.43 Å². The van der Waals surface area contributed by atoms with Crippen LogP contribution in [0.2, 0.25) is 5.02 Å². The Kier molecular flexibility index (Phi) is 6.23. The number of imide groups is 2. The molecule has 1 saturated carbocycles. The number of fused-ring (bicyclic) bond motifs is 4. The number of nitrogens with zero attached hydrogens (tertiary/aromatic N) is 2. The molecular weight excluding hydrogens is 570 g/mol. The number of rotatable bonds is 4. The van der Waals surface area contributed by atoms with Crippen molar-refractivity contribution in [2.45, 2.75) is 31.1 Å². The number of nitrogens with one attached hydrogen (secondary N) is 1. The highest BCUT2D eigenvalue weighted by Gasteiger charge is 2.70. The Balaban J connectivity index is 1.47. The molecule has 4 amide bonds. The minimum atomic E-state index is -1.46. The maximum absolute atomic E-state index is 14.9. The van der Waals surface area contributed by atoms with E-state index < -0.39 is 58.6 Å². The van der Waals surface area contributed by atoms with Crippen LogP contribution >= 0.6 is 11.6 Å². The Bertz CT molecular complexity index is 1720. The standard InChI is InChI=1S/C33H28ClN3O6/c1-17-7-9-19(10-8-17)35-36-30(40)25-16-24-21(13-14-23-27(24)31(41)37(43)29(23)39)28(22-12-11-20(38)15-26(22)34)33(25,32(36)42)18-5-3-2-4-6-18/h2-13,15,23-25,27-28,35,38,43H,14,16H2,1H3/t23-,24+,25-,27-,28+,33+/m0/s1. The highest BCUT2D eigenvalue weighted by atomic mass is 35.5. The van der Waals surface area contributed by atoms with Gasteiger partial charge < -0.3 is 5.11 Å². The van der Waals surface area contributed by atoms with E-state index in [2.05, 4.69) is 5.43 Å². The molecule has 3 aromatic carbocycles. The number of anilines is 1. The summed E-state index contributed by atoms with van der Waals surface area (Å²) in [6.45, 7) is 1.94. The lowest BCUT2D eigenvalue weighted by atomic mass is 9.49. The zero-order valence-corrected chi connectivity index (χ0v) is 23.9. The summed E-state index contributed by atoms with van der Waals surface area (Å²) in [7, 11) is 0. The van der Waals surface area contributed by atoms with Gasteiger partial charge in [0, 0.05) is 10.9 Å². The van der Waals surface area contributed by atoms with Crippen LogP contribution in [0.4, 0.5) is 5.69 Å². The number of hydrogen-bond donors (Lipinski definition) is 3. The molecule has 4 aliphatic rings. The van der Waals surface area contributed by atoms with Gasteiger partial charge in [0.15, 0.2) is 0 Å². The number of benzene rings is 3. The van der Waals surface area contributed by atoms with Crippen molar-refractivity contribution in [1.82, 2.24) is 10.1 Å². The first-order chi connectivity index (χ1) is 20.6. The fraction of sp³-hybridized carbons (Fsp3) is 0.273. The molecule has 2 saturated heterocycles. The van der Waals surface area contributed by atoms with Gasteiger partial charge in [-0.05, 0) is 61.1 Å². The second-order valence-corrected chi connectivity index (χ2v) is 12.2. The number of aryl methyl sites for hydroxylation is 1. The molecule has 0 unspecified atom stereocenters. The minimum Gasteiger partial charge on any atom is -0.508 e. The van der Waals surface area contributed by atoms with E-state index in [9.17, 15) is 29.5 Å². The smallest absolute Gasteiger partial charge is 0.260 e. The normalized spacial score (nSPS) is 29.7. The van der Waals surface area contributed by atoms with Crippen LogP contribution in [0.25, 0.3) is 0 Å². The van der Waals surface area contributed by atoms with Gasteiger partial charge in [-0.1, -0.05) is 77.3 Å². The van der Waals surface area contributed by atoms with Gasteiger partial charge in [-0.25, -0.2) is 0 Å². The fourth-order valence-electron chi connectivity index (χ4n) is 7.83. The van der Waals surface area contributed by atoms with Crippen LogP contribution in [0.15, 0.2) is 84.4 Å². The SMILES string of the molecule is Cc1ccc(NN2C(=O)[C@@H]3C[C@@H]4C(=CC[C@@H]5C(=O)N(O)C(=O)[C@@H]54)[C@H](c4ccc(O)cc4Cl)[C@]3(c3ccccc3)C2=O)cc1. The van der Waals surface area contributed by atoms with E-state index in [-0.39, 0.29) is 28.7 Å². The van der Waals surface area contributed by atoms with Crippen LogP contribution in [0.5, 0.6) is 5.75 Å². The molecule has 218 valence electrons. The van der Waals surface area contributed by atoms with Crippen molar-refractivity contribution in [1.29, 1.82) is 0 Å². The molecule has 0 bridgehead atoms. The Morgan fingerprint density at radius 1 is 0.907 bits per heavy atom. The van der Waals surface area contributed by atoms with Gasteiger partial charge in [0.1, 0.15) is 5.75 Å². The quantitative estimate of drug-likeness (QED) is 0.225. The Morgan fingerprint density at radius 3 is 2.33 bits per heavy atom. The predicted octanol–water partition coefficient (Wildman–Crippen LogP) is 4.73. The highest BCUT2D eigenvalue weighted by molar-refractivity contribution is 6.31. The molecule has 0 aromatic heterocycles. The number of halogens is 1. The van der Waals surface area contributed by atoms with Gasteiger partial charge >= 0.3 is 0 Å². The summed E-state index contributed by atoms with van der Waals surface area (Å²) in [5.41, 5.74) is 4.98. The average Bonchev–Trinajstić information content (AvgIpc) is 3.35. The van der Waals surface area contributed by atoms with E-state index in [4.69, 9.17) is 11.6 Å². The lowest BCUT2D eigenvalue weighted by Crippen LogP contribution is -2.53. The molecule has 3 N–H and O–H groups in total. The number of amides is 4. The molecule has 6 atom stereocenters. The van der Waals surface area contributed by atoms with Crippen molar-refractivity contribution in [3.63, 3.8) is 0 Å². The first-order valence-corrected chi connectivity index (χ1v) is 14.5. The first kappa shape index (κ1) is 27.4. The van der Waals surface area contributed by atoms with Crippen LogP contribution in [0.3, 0.4) is 0 Å². The molecular formula is C33H28ClN3O6. The Morgan fingerprint density at radius 2 is 1.63 bits per heavy atom. The number of allylic oxidation sites excluding steroid dienone is 2. The Labute approximate surface area is 252 Å². The molecule has 7 rings (SSSR count). The summed E-state index contributed by atoms with van der Waals surface area (Å²) >= 11 is 6.80. The number of hydrazine groups is 1. The number of carbonyl (C=O) groups excluding carboxylic acids is 4. The second-order valence-electron chi connectivity index (χ2n) is 11.8. The number of carbonyl (C=O) groups is 4. The molecule has 3 aromatic rings. The zero-order chi connectivity index (χ0) is 30.2. The lowest BCUT2D eigenvalue weighted by Gasteiger charge is -2.50. The molecule has 0 spiro atoms. The largest absolute Gasteiger partial charge is 0.508 e. The number of phenols is 1. The minimum absolute atomic E-state index is 0.0620. The number of aromatic hydroxyl groups is 1. The molecule has 9 nitrogen and oxygen atoms in total. The molecule has 10 heteroatoms. The van der Waals surface area contributed by atoms with Crippen LogP contribution in [-0.2, 0) is 24.6 Å². The van der Waals surface area contributed by atoms with Gasteiger partial charge in [-0.2, -0.15) is 10.1 Å². The van der Waals surface area contributed by atoms with Crippen molar-refractivity contribution < 1.29 is 29.5 Å². The lowest BCUT2D eigenvalue weighted by molar-refractivity contribution is -0.173. The number of hydroxylamine groups is 2. The number of phenolic OH excluding ortho intramolecular Hbond substituents is 1. The third-order valence-electron chi connectivity index (χ3n) is 9.66. The summed E-state index contributed by atoms with van der Waals surface area (Å²) < 4.78 is 0. The first-order valence-electron chi connectivity index (χ1n) is 14.2. The second kappa shape index (κ2) is 9.79. The summed E-state index contributed by atoms with van der Waals surface area (Å²) in [4.78, 5) is 55.4. The van der Waals surface area contributed by atoms with Gasteiger partial charge in [-0.3, -0.25) is 29.8 Å². The summed E-state index contributed by atoms with van der Waals surface area (Å²) in [5, 5.41) is 22.0. The van der Waals surface area contributed by atoms with Gasteiger partial charge in [0.2, 0.25) is 0 Å². The topological polar surface area (TPSA) is 127 Å². The van der Waals surface area contributed by atoms with E-state index in [0.717, 1.165) is 10.6 Å². The van der Waals surface area contributed by atoms with Crippen molar-refractivity contribution in [2.24, 2.45) is 23.7 Å². The molecule has 2 aliphatic heterocycles. The average molecular weight is 598 g/mol. The summed E-state index contributed by atoms with van der Waals surface area (Å²) in [6, 6.07) is 20.9. The molecule has 43 heavy (non-hydrogen) atoms. The van der Waals surface area contributed by atoms with E-state index in [1.807, 2.05) is 55.5 Å². The molecule has 3 fully saturated rings. The maximum atomic E-state index is 14.9. The van der Waals surface area contributed by atoms with Crippen LogP contribution in [0.1, 0.15) is 35.4 Å². The monoisotopic (exact) mass is 597 g/mol. The van der Waals surface area contributed by atoms with Crippen molar-refractivity contribution in [3.05, 3.63) is 106 Å². The third kappa shape index (κ3) is 3.81. The van der Waals surface area contributed by atoms with Gasteiger partial charge in [-0.15, -0.1) is 0 Å². The highest BCUT2D eigenvalue weighted by Crippen LogP contribution is 2.64. The fourth-order valence-corrected chi connectivity index (χ4v) is 8.11. The third-order valence-corrected chi connectivity index (χ3v) is 9.99. The molecule has 2 aliphatic carbocycles. The summed E-state index contributed by atoms with van der Waals surface area (Å²) in [5.74, 6) is -6.38. The predicted molar refractivity (Wildman–Crippen MR) is 156 cm³/mol. The Hall–Kier alpha value is -4.47. The molecule has 0 radical (unpaired) electrons. The van der Waals surface area contributed by atoms with Crippen molar-refractivity contribution in [2.75, 3.05) is 5.43 Å². The van der Waals surface area contributed by atoms with E-state index in [0.29, 0.717) is 22.4 Å². The zero-order valence-electron chi connectivity index (χ0n) is 23.1. The maximum Gasteiger partial charge on any atom is 0.260 e. The van der Waals surface area contributed by atoms with E-state index >= 15 is 0 Å². The van der Waals surface area contributed by atoms with E-state index in [1.54, 1.807) is 18.2 Å². The number of hydrogen-bond acceptors (Lipinski definition) is 7. The van der Waals surface area contributed by atoms with Gasteiger partial charge in [0.25, 0.3) is 23.6 Å². The molecule has 2 heterocycles. The van der Waals surface area contributed by atoms with Gasteiger partial charge in [0.05, 0.1) is 28.9 Å². The van der Waals surface area contributed by atoms with E-state index in [1.165, 1.54) is 12.1 Å². The summed E-state index contributed by atoms with van der Waals surface area (Å²) in [6.07, 6.45) is 2.17. The van der Waals surface area contributed by atoms with Crippen LogP contribution in [-0.4, -0.2) is 44.0 Å². The van der Waals surface area contributed by atoms with Crippen molar-refractivity contribution >= 4 is 40.9 Å².